The average molecular weight is 319 g/mol. The first-order chi connectivity index (χ1) is 10.6. The molecule has 3 rings (SSSR count). The Labute approximate surface area is 132 Å². The second-order valence-corrected chi connectivity index (χ2v) is 6.41. The van der Waals surface area contributed by atoms with Gasteiger partial charge in [0.15, 0.2) is 0 Å². The summed E-state index contributed by atoms with van der Waals surface area (Å²) in [4.78, 5) is 26.2. The van der Waals surface area contributed by atoms with Gasteiger partial charge in [0.2, 0.25) is 0 Å². The summed E-state index contributed by atoms with van der Waals surface area (Å²) >= 11 is 1.47. The Morgan fingerprint density at radius 3 is 2.91 bits per heavy atom. The third kappa shape index (κ3) is 2.76. The molecular formula is C15H17N3O3S. The third-order valence-corrected chi connectivity index (χ3v) is 4.97. The van der Waals surface area contributed by atoms with Crippen LogP contribution < -0.4 is 0 Å². The van der Waals surface area contributed by atoms with Gasteiger partial charge in [0.1, 0.15) is 0 Å². The molecule has 22 heavy (non-hydrogen) atoms. The summed E-state index contributed by atoms with van der Waals surface area (Å²) in [5, 5.41) is 15.0. The second-order valence-electron chi connectivity index (χ2n) is 5.49. The molecule has 0 spiro atoms. The van der Waals surface area contributed by atoms with Crippen LogP contribution in [0.3, 0.4) is 0 Å². The highest BCUT2D eigenvalue weighted by molar-refractivity contribution is 7.12. The van der Waals surface area contributed by atoms with Gasteiger partial charge in [0.05, 0.1) is 22.7 Å². The second kappa shape index (κ2) is 5.92. The van der Waals surface area contributed by atoms with E-state index in [-0.39, 0.29) is 17.5 Å². The molecule has 0 saturated carbocycles. The molecule has 1 amide bonds. The predicted molar refractivity (Wildman–Crippen MR) is 82.4 cm³/mol. The largest absolute Gasteiger partial charge is 0.478 e. The number of likely N-dealkylation sites (tertiary alicyclic amines) is 1. The lowest BCUT2D eigenvalue weighted by molar-refractivity contribution is 0.0669. The zero-order chi connectivity index (χ0) is 15.7. The Bertz CT molecular complexity index is 706. The molecule has 1 N–H and O–H groups in total. The number of hydrogen-bond donors (Lipinski definition) is 1. The van der Waals surface area contributed by atoms with Crippen molar-refractivity contribution in [3.63, 3.8) is 0 Å². The molecule has 1 atom stereocenters. The quantitative estimate of drug-likeness (QED) is 0.943. The van der Waals surface area contributed by atoms with E-state index in [0.29, 0.717) is 6.54 Å². The lowest BCUT2D eigenvalue weighted by Crippen LogP contribution is -2.40. The van der Waals surface area contributed by atoms with Gasteiger partial charge in [0.25, 0.3) is 5.91 Å². The zero-order valence-corrected chi connectivity index (χ0v) is 13.0. The van der Waals surface area contributed by atoms with Crippen molar-refractivity contribution in [3.8, 4) is 0 Å². The number of amides is 1. The Kier molecular flexibility index (Phi) is 3.98. The van der Waals surface area contributed by atoms with Crippen molar-refractivity contribution in [2.75, 3.05) is 13.1 Å². The van der Waals surface area contributed by atoms with Crippen molar-refractivity contribution < 1.29 is 14.7 Å². The van der Waals surface area contributed by atoms with Crippen molar-refractivity contribution in [2.24, 2.45) is 0 Å². The first-order valence-corrected chi connectivity index (χ1v) is 8.05. The van der Waals surface area contributed by atoms with Crippen molar-refractivity contribution in [2.45, 2.75) is 25.8 Å². The van der Waals surface area contributed by atoms with Crippen LogP contribution in [0.15, 0.2) is 23.8 Å². The number of hydrogen-bond acceptors (Lipinski definition) is 4. The van der Waals surface area contributed by atoms with E-state index in [2.05, 4.69) is 5.10 Å². The Balaban J connectivity index is 1.75. The lowest BCUT2D eigenvalue weighted by Gasteiger charge is -2.32. The van der Waals surface area contributed by atoms with Gasteiger partial charge in [-0.25, -0.2) is 4.79 Å². The minimum atomic E-state index is -0.982. The molecular weight excluding hydrogens is 302 g/mol. The number of aromatic carboxylic acids is 1. The normalized spacial score (nSPS) is 18.4. The molecule has 1 fully saturated rings. The van der Waals surface area contributed by atoms with Crippen LogP contribution in [0.5, 0.6) is 0 Å². The van der Waals surface area contributed by atoms with E-state index < -0.39 is 5.97 Å². The average Bonchev–Trinajstić information content (AvgIpc) is 3.15. The molecule has 0 aliphatic carbocycles. The van der Waals surface area contributed by atoms with E-state index in [1.807, 2.05) is 23.3 Å². The minimum absolute atomic E-state index is 0.0334. The molecule has 7 heteroatoms. The van der Waals surface area contributed by atoms with E-state index in [9.17, 15) is 9.59 Å². The summed E-state index contributed by atoms with van der Waals surface area (Å²) in [6, 6.07) is 1.98. The molecule has 3 heterocycles. The van der Waals surface area contributed by atoms with Crippen LogP contribution in [0.25, 0.3) is 0 Å². The van der Waals surface area contributed by atoms with E-state index in [0.717, 1.165) is 29.8 Å². The molecule has 6 nitrogen and oxygen atoms in total. The number of aromatic nitrogens is 2. The molecule has 1 saturated heterocycles. The number of thiophene rings is 1. The number of carboxylic acid groups (broad SMARTS) is 1. The maximum Gasteiger partial charge on any atom is 0.338 e. The fraction of sp³-hybridized carbons (Fsp3) is 0.400. The van der Waals surface area contributed by atoms with E-state index in [4.69, 9.17) is 5.11 Å². The van der Waals surface area contributed by atoms with Gasteiger partial charge in [-0.1, -0.05) is 0 Å². The van der Waals surface area contributed by atoms with Crippen molar-refractivity contribution in [1.82, 2.24) is 14.7 Å². The molecule has 116 valence electrons. The van der Waals surface area contributed by atoms with Gasteiger partial charge >= 0.3 is 5.97 Å². The summed E-state index contributed by atoms with van der Waals surface area (Å²) in [5.74, 6) is -0.924. The van der Waals surface area contributed by atoms with Gasteiger partial charge in [-0.15, -0.1) is 11.3 Å². The molecule has 2 aromatic heterocycles. The number of aryl methyl sites for hydroxylation is 1. The number of nitrogens with zero attached hydrogens (tertiary/aromatic N) is 3. The molecule has 1 unspecified atom stereocenters. The van der Waals surface area contributed by atoms with Crippen molar-refractivity contribution in [1.29, 1.82) is 0 Å². The number of piperidine rings is 1. The number of carboxylic acids is 1. The Morgan fingerprint density at radius 1 is 1.45 bits per heavy atom. The summed E-state index contributed by atoms with van der Waals surface area (Å²) in [6.07, 6.45) is 4.68. The van der Waals surface area contributed by atoms with Gasteiger partial charge in [-0.3, -0.25) is 9.48 Å². The highest BCUT2D eigenvalue weighted by Crippen LogP contribution is 2.25. The van der Waals surface area contributed by atoms with Crippen molar-refractivity contribution in [3.05, 3.63) is 39.8 Å². The zero-order valence-electron chi connectivity index (χ0n) is 12.2. The fourth-order valence-electron chi connectivity index (χ4n) is 2.74. The summed E-state index contributed by atoms with van der Waals surface area (Å²) in [7, 11) is 0. The van der Waals surface area contributed by atoms with Crippen LogP contribution in [0.2, 0.25) is 0 Å². The summed E-state index contributed by atoms with van der Waals surface area (Å²) in [6.45, 7) is 3.24. The fourth-order valence-corrected chi connectivity index (χ4v) is 3.63. The molecule has 1 aliphatic rings. The van der Waals surface area contributed by atoms with Gasteiger partial charge in [0, 0.05) is 19.3 Å². The van der Waals surface area contributed by atoms with Crippen molar-refractivity contribution >= 4 is 23.2 Å². The van der Waals surface area contributed by atoms with Crippen LogP contribution in [0, 0.1) is 6.92 Å². The third-order valence-electron chi connectivity index (χ3n) is 3.96. The maximum atomic E-state index is 12.6. The van der Waals surface area contributed by atoms with Crippen LogP contribution >= 0.6 is 11.3 Å². The first kappa shape index (κ1) is 14.8. The standard InChI is InChI=1S/C15H17N3O3S/c1-10-4-6-22-13(10)14(19)17-5-2-3-12(9-17)18-8-11(7-16-18)15(20)21/h4,6-8,12H,2-3,5,9H2,1H3,(H,20,21). The van der Waals surface area contributed by atoms with E-state index in [1.165, 1.54) is 23.7 Å². The highest BCUT2D eigenvalue weighted by Gasteiger charge is 2.27. The highest BCUT2D eigenvalue weighted by atomic mass is 32.1. The minimum Gasteiger partial charge on any atom is -0.478 e. The number of carbonyl (C=O) groups is 2. The Hall–Kier alpha value is -2.15. The van der Waals surface area contributed by atoms with Gasteiger partial charge in [-0.2, -0.15) is 5.10 Å². The van der Waals surface area contributed by atoms with Crippen LogP contribution in [0.4, 0.5) is 0 Å². The van der Waals surface area contributed by atoms with Crippen LogP contribution in [-0.4, -0.2) is 44.8 Å². The maximum absolute atomic E-state index is 12.6. The topological polar surface area (TPSA) is 75.4 Å². The molecule has 1 aliphatic heterocycles. The monoisotopic (exact) mass is 319 g/mol. The van der Waals surface area contributed by atoms with Crippen LogP contribution in [-0.2, 0) is 0 Å². The predicted octanol–water partition coefficient (Wildman–Crippen LogP) is 2.43. The van der Waals surface area contributed by atoms with Gasteiger partial charge in [-0.05, 0) is 36.8 Å². The Morgan fingerprint density at radius 2 is 2.27 bits per heavy atom. The van der Waals surface area contributed by atoms with E-state index in [1.54, 1.807) is 4.68 Å². The molecule has 0 aromatic carbocycles. The lowest BCUT2D eigenvalue weighted by atomic mass is 10.1. The molecule has 0 bridgehead atoms. The molecule has 0 radical (unpaired) electrons. The SMILES string of the molecule is Cc1ccsc1C(=O)N1CCCC(n2cc(C(=O)O)cn2)C1. The first-order valence-electron chi connectivity index (χ1n) is 7.17. The molecule has 2 aromatic rings. The van der Waals surface area contributed by atoms with E-state index >= 15 is 0 Å². The number of rotatable bonds is 3. The summed E-state index contributed by atoms with van der Waals surface area (Å²) < 4.78 is 1.67. The van der Waals surface area contributed by atoms with Gasteiger partial charge < -0.3 is 10.0 Å². The van der Waals surface area contributed by atoms with Crippen LogP contribution in [0.1, 0.15) is 44.5 Å². The number of carbonyl (C=O) groups excluding carboxylic acids is 1. The summed E-state index contributed by atoms with van der Waals surface area (Å²) in [5.41, 5.74) is 1.18. The smallest absolute Gasteiger partial charge is 0.338 e.